The van der Waals surface area contributed by atoms with Gasteiger partial charge in [-0.2, -0.15) is 0 Å². The molecule has 1 fully saturated rings. The van der Waals surface area contributed by atoms with Crippen molar-refractivity contribution in [2.75, 3.05) is 13.1 Å². The lowest BCUT2D eigenvalue weighted by atomic mass is 9.89. The summed E-state index contributed by atoms with van der Waals surface area (Å²) < 4.78 is 0. The van der Waals surface area contributed by atoms with Crippen molar-refractivity contribution in [2.45, 2.75) is 38.5 Å². The van der Waals surface area contributed by atoms with Crippen molar-refractivity contribution in [1.29, 1.82) is 0 Å². The van der Waals surface area contributed by atoms with E-state index in [1.165, 1.54) is 32.1 Å². The molecule has 2 aromatic carbocycles. The van der Waals surface area contributed by atoms with Gasteiger partial charge in [0, 0.05) is 6.54 Å². The van der Waals surface area contributed by atoms with Gasteiger partial charge in [0.2, 0.25) is 11.8 Å². The van der Waals surface area contributed by atoms with Crippen LogP contribution in [-0.2, 0) is 16.0 Å². The van der Waals surface area contributed by atoms with Gasteiger partial charge in [0.1, 0.15) is 0 Å². The minimum absolute atomic E-state index is 0.0519. The SMILES string of the molecule is O=C(CNC(=O)Cc1cccc2ccccc12)NCC1CCCCC1. The summed E-state index contributed by atoms with van der Waals surface area (Å²) in [7, 11) is 0. The number of benzene rings is 2. The molecule has 0 aliphatic heterocycles. The van der Waals surface area contributed by atoms with Crippen LogP contribution in [0.15, 0.2) is 42.5 Å². The second-order valence-electron chi connectivity index (χ2n) is 6.90. The Morgan fingerprint density at radius 3 is 2.48 bits per heavy atom. The summed E-state index contributed by atoms with van der Waals surface area (Å²) in [6, 6.07) is 14.0. The maximum absolute atomic E-state index is 12.2. The topological polar surface area (TPSA) is 58.2 Å². The fourth-order valence-electron chi connectivity index (χ4n) is 3.57. The summed E-state index contributed by atoms with van der Waals surface area (Å²) in [4.78, 5) is 24.1. The molecule has 25 heavy (non-hydrogen) atoms. The first-order chi connectivity index (χ1) is 12.2. The van der Waals surface area contributed by atoms with Gasteiger partial charge >= 0.3 is 0 Å². The third-order valence-corrected chi connectivity index (χ3v) is 4.99. The fraction of sp³-hybridized carbons (Fsp3) is 0.429. The highest BCUT2D eigenvalue weighted by Gasteiger charge is 2.14. The number of rotatable bonds is 6. The standard InChI is InChI=1S/C21H26N2O2/c24-20(13-18-11-6-10-17-9-4-5-12-19(17)18)23-15-21(25)22-14-16-7-2-1-3-8-16/h4-6,9-12,16H,1-3,7-8,13-15H2,(H,22,25)(H,23,24). The molecule has 0 bridgehead atoms. The number of nitrogens with one attached hydrogen (secondary N) is 2. The van der Waals surface area contributed by atoms with Crippen molar-refractivity contribution in [3.05, 3.63) is 48.0 Å². The van der Waals surface area contributed by atoms with Crippen LogP contribution in [0.1, 0.15) is 37.7 Å². The van der Waals surface area contributed by atoms with E-state index >= 15 is 0 Å². The van der Waals surface area contributed by atoms with Gasteiger partial charge in [0.15, 0.2) is 0 Å². The van der Waals surface area contributed by atoms with Gasteiger partial charge in [-0.3, -0.25) is 9.59 Å². The molecule has 2 N–H and O–H groups in total. The van der Waals surface area contributed by atoms with Crippen molar-refractivity contribution in [1.82, 2.24) is 10.6 Å². The van der Waals surface area contributed by atoms with Gasteiger partial charge in [0.05, 0.1) is 13.0 Å². The van der Waals surface area contributed by atoms with Gasteiger partial charge < -0.3 is 10.6 Å². The summed E-state index contributed by atoms with van der Waals surface area (Å²) >= 11 is 0. The molecule has 0 aromatic heterocycles. The lowest BCUT2D eigenvalue weighted by molar-refractivity contribution is -0.125. The van der Waals surface area contributed by atoms with Crippen LogP contribution in [0.2, 0.25) is 0 Å². The maximum atomic E-state index is 12.2. The van der Waals surface area contributed by atoms with Crippen LogP contribution in [0.4, 0.5) is 0 Å². The lowest BCUT2D eigenvalue weighted by Crippen LogP contribution is -2.39. The number of hydrogen-bond acceptors (Lipinski definition) is 2. The molecule has 132 valence electrons. The first-order valence-corrected chi connectivity index (χ1v) is 9.22. The van der Waals surface area contributed by atoms with E-state index in [2.05, 4.69) is 10.6 Å². The Morgan fingerprint density at radius 1 is 0.880 bits per heavy atom. The largest absolute Gasteiger partial charge is 0.354 e. The molecule has 0 radical (unpaired) electrons. The maximum Gasteiger partial charge on any atom is 0.239 e. The molecular weight excluding hydrogens is 312 g/mol. The van der Waals surface area contributed by atoms with Crippen LogP contribution in [0.5, 0.6) is 0 Å². The molecule has 0 atom stereocenters. The van der Waals surface area contributed by atoms with Crippen molar-refractivity contribution >= 4 is 22.6 Å². The number of hydrogen-bond donors (Lipinski definition) is 2. The Morgan fingerprint density at radius 2 is 1.64 bits per heavy atom. The predicted molar refractivity (Wildman–Crippen MR) is 100 cm³/mol. The molecule has 0 saturated heterocycles. The highest BCUT2D eigenvalue weighted by atomic mass is 16.2. The minimum Gasteiger partial charge on any atom is -0.354 e. The van der Waals surface area contributed by atoms with Gasteiger partial charge in [-0.05, 0) is 35.1 Å². The molecule has 1 aliphatic carbocycles. The molecule has 1 aliphatic rings. The molecule has 4 heteroatoms. The van der Waals surface area contributed by atoms with Gasteiger partial charge in [-0.1, -0.05) is 61.7 Å². The quantitative estimate of drug-likeness (QED) is 0.850. The monoisotopic (exact) mass is 338 g/mol. The Hall–Kier alpha value is -2.36. The van der Waals surface area contributed by atoms with Gasteiger partial charge in [-0.25, -0.2) is 0 Å². The Bertz CT molecular complexity index is 730. The van der Waals surface area contributed by atoms with Gasteiger partial charge in [-0.15, -0.1) is 0 Å². The Balaban J connectivity index is 1.45. The zero-order chi connectivity index (χ0) is 17.5. The summed E-state index contributed by atoms with van der Waals surface area (Å²) in [5, 5.41) is 7.89. The van der Waals surface area contributed by atoms with Crippen LogP contribution in [0.25, 0.3) is 10.8 Å². The molecular formula is C21H26N2O2. The average molecular weight is 338 g/mol. The zero-order valence-electron chi connectivity index (χ0n) is 14.6. The fourth-order valence-corrected chi connectivity index (χ4v) is 3.57. The second-order valence-corrected chi connectivity index (χ2v) is 6.90. The first kappa shape index (κ1) is 17.5. The normalized spacial score (nSPS) is 15.0. The Labute approximate surface area is 149 Å². The third-order valence-electron chi connectivity index (χ3n) is 4.99. The van der Waals surface area contributed by atoms with Crippen molar-refractivity contribution in [3.63, 3.8) is 0 Å². The number of amides is 2. The number of fused-ring (bicyclic) bond motifs is 1. The van der Waals surface area contributed by atoms with Crippen LogP contribution in [0, 0.1) is 5.92 Å². The third kappa shape index (κ3) is 5.05. The molecule has 0 heterocycles. The summed E-state index contributed by atoms with van der Waals surface area (Å²) in [5.74, 6) is 0.380. The molecule has 4 nitrogen and oxygen atoms in total. The van der Waals surface area contributed by atoms with Crippen LogP contribution in [0.3, 0.4) is 0 Å². The number of carbonyl (C=O) groups is 2. The summed E-state index contributed by atoms with van der Waals surface area (Å²) in [6.07, 6.45) is 6.54. The molecule has 0 unspecified atom stereocenters. The van der Waals surface area contributed by atoms with Crippen LogP contribution in [-0.4, -0.2) is 24.9 Å². The molecule has 2 amide bonds. The predicted octanol–water partition coefficient (Wildman–Crippen LogP) is 3.20. The van der Waals surface area contributed by atoms with E-state index < -0.39 is 0 Å². The van der Waals surface area contributed by atoms with Crippen molar-refractivity contribution < 1.29 is 9.59 Å². The van der Waals surface area contributed by atoms with E-state index in [1.807, 2.05) is 42.5 Å². The minimum atomic E-state index is -0.121. The van der Waals surface area contributed by atoms with E-state index in [0.29, 0.717) is 5.92 Å². The highest BCUT2D eigenvalue weighted by molar-refractivity contribution is 5.91. The summed E-state index contributed by atoms with van der Waals surface area (Å²) in [6.45, 7) is 0.786. The lowest BCUT2D eigenvalue weighted by Gasteiger charge is -2.21. The van der Waals surface area contributed by atoms with E-state index in [-0.39, 0.29) is 24.8 Å². The number of carbonyl (C=O) groups excluding carboxylic acids is 2. The van der Waals surface area contributed by atoms with Crippen molar-refractivity contribution in [2.24, 2.45) is 5.92 Å². The molecule has 3 rings (SSSR count). The smallest absolute Gasteiger partial charge is 0.239 e. The van der Waals surface area contributed by atoms with E-state index in [0.717, 1.165) is 22.9 Å². The molecule has 2 aromatic rings. The molecule has 0 spiro atoms. The highest BCUT2D eigenvalue weighted by Crippen LogP contribution is 2.22. The first-order valence-electron chi connectivity index (χ1n) is 9.22. The van der Waals surface area contributed by atoms with Gasteiger partial charge in [0.25, 0.3) is 0 Å². The van der Waals surface area contributed by atoms with Crippen molar-refractivity contribution in [3.8, 4) is 0 Å². The van der Waals surface area contributed by atoms with E-state index in [4.69, 9.17) is 0 Å². The second kappa shape index (κ2) is 8.65. The van der Waals surface area contributed by atoms with Crippen LogP contribution < -0.4 is 10.6 Å². The average Bonchev–Trinajstić information content (AvgIpc) is 2.66. The summed E-state index contributed by atoms with van der Waals surface area (Å²) in [5.41, 5.74) is 0.984. The Kier molecular flexibility index (Phi) is 6.04. The van der Waals surface area contributed by atoms with E-state index in [9.17, 15) is 9.59 Å². The van der Waals surface area contributed by atoms with Crippen LogP contribution >= 0.6 is 0 Å². The molecule has 1 saturated carbocycles. The van der Waals surface area contributed by atoms with E-state index in [1.54, 1.807) is 0 Å². The zero-order valence-corrected chi connectivity index (χ0v) is 14.6.